The topological polar surface area (TPSA) is 36.9 Å². The average Bonchev–Trinajstić information content (AvgIpc) is 2.86. The van der Waals surface area contributed by atoms with Gasteiger partial charge in [-0.2, -0.15) is 0 Å². The van der Waals surface area contributed by atoms with Gasteiger partial charge in [0.1, 0.15) is 0 Å². The lowest BCUT2D eigenvalue weighted by molar-refractivity contribution is -0.434. The number of hydrogen-bond acceptors (Lipinski definition) is 4. The molecule has 0 aliphatic carbocycles. The van der Waals surface area contributed by atoms with Crippen molar-refractivity contribution in [3.63, 3.8) is 0 Å². The van der Waals surface area contributed by atoms with Crippen LogP contribution < -0.4 is 0 Å². The highest BCUT2D eigenvalue weighted by Crippen LogP contribution is 2.48. The lowest BCUT2D eigenvalue weighted by Gasteiger charge is -2.49. The van der Waals surface area contributed by atoms with E-state index in [2.05, 4.69) is 58.0 Å². The zero-order chi connectivity index (χ0) is 25.0. The van der Waals surface area contributed by atoms with Gasteiger partial charge in [-0.25, -0.2) is 0 Å². The largest absolute Gasteiger partial charge is 0.385 e. The maximum atomic E-state index is 6.66. The predicted molar refractivity (Wildman–Crippen MR) is 143 cm³/mol. The van der Waals surface area contributed by atoms with Gasteiger partial charge < -0.3 is 18.9 Å². The average molecular weight is 479 g/mol. The lowest BCUT2D eigenvalue weighted by Crippen LogP contribution is -2.56. The molecule has 4 nitrogen and oxygen atoms in total. The van der Waals surface area contributed by atoms with Crippen molar-refractivity contribution >= 4 is 0 Å². The summed E-state index contributed by atoms with van der Waals surface area (Å²) in [4.78, 5) is 0. The summed E-state index contributed by atoms with van der Waals surface area (Å²) in [6.45, 7) is 11.4. The number of hydrogen-bond donors (Lipinski definition) is 0. The molecule has 0 aromatic heterocycles. The van der Waals surface area contributed by atoms with Crippen molar-refractivity contribution < 1.29 is 18.9 Å². The molecule has 1 atom stereocenters. The van der Waals surface area contributed by atoms with Gasteiger partial charge in [0, 0.05) is 13.7 Å². The first-order valence-corrected chi connectivity index (χ1v) is 14.1. The van der Waals surface area contributed by atoms with Crippen molar-refractivity contribution in [2.75, 3.05) is 33.5 Å². The maximum absolute atomic E-state index is 6.66. The SMILES string of the molecule is CCCCCCCCC(CCCOC)(Cc1ccccc1)C(OCCC)(OCCC)OCCC. The molecule has 0 radical (unpaired) electrons. The van der Waals surface area contributed by atoms with Crippen molar-refractivity contribution in [3.8, 4) is 0 Å². The zero-order valence-electron chi connectivity index (χ0n) is 23.0. The van der Waals surface area contributed by atoms with E-state index in [0.717, 1.165) is 58.0 Å². The molecule has 1 aromatic rings. The van der Waals surface area contributed by atoms with Crippen molar-refractivity contribution in [3.05, 3.63) is 35.9 Å². The molecular weight excluding hydrogens is 424 g/mol. The van der Waals surface area contributed by atoms with Gasteiger partial charge in [-0.3, -0.25) is 0 Å². The Labute approximate surface area is 211 Å². The summed E-state index contributed by atoms with van der Waals surface area (Å²) >= 11 is 0. The van der Waals surface area contributed by atoms with Crippen LogP contribution in [0.1, 0.15) is 110 Å². The zero-order valence-corrected chi connectivity index (χ0v) is 23.0. The normalized spacial score (nSPS) is 13.8. The van der Waals surface area contributed by atoms with Crippen molar-refractivity contribution in [1.82, 2.24) is 0 Å². The number of rotatable bonds is 23. The molecule has 0 heterocycles. The third kappa shape index (κ3) is 10.8. The van der Waals surface area contributed by atoms with Crippen LogP contribution in [0.5, 0.6) is 0 Å². The molecule has 0 spiro atoms. The minimum Gasteiger partial charge on any atom is -0.385 e. The molecule has 4 heteroatoms. The van der Waals surface area contributed by atoms with Gasteiger partial charge in [0.05, 0.1) is 25.2 Å². The highest BCUT2D eigenvalue weighted by atomic mass is 16.9. The minimum absolute atomic E-state index is 0.281. The van der Waals surface area contributed by atoms with Crippen LogP contribution >= 0.6 is 0 Å². The van der Waals surface area contributed by atoms with E-state index in [1.807, 2.05) is 0 Å². The Morgan fingerprint density at radius 2 is 1.12 bits per heavy atom. The van der Waals surface area contributed by atoms with E-state index < -0.39 is 5.97 Å². The molecule has 0 aliphatic heterocycles. The molecule has 0 saturated carbocycles. The van der Waals surface area contributed by atoms with Crippen LogP contribution in [0.3, 0.4) is 0 Å². The Morgan fingerprint density at radius 3 is 1.65 bits per heavy atom. The van der Waals surface area contributed by atoms with Crippen molar-refractivity contribution in [2.24, 2.45) is 5.41 Å². The first-order chi connectivity index (χ1) is 16.6. The molecule has 1 rings (SSSR count). The second kappa shape index (κ2) is 19.3. The quantitative estimate of drug-likeness (QED) is 0.117. The van der Waals surface area contributed by atoms with Gasteiger partial charge in [0.2, 0.25) is 0 Å². The van der Waals surface area contributed by atoms with E-state index in [1.165, 1.54) is 37.7 Å². The van der Waals surface area contributed by atoms with Gasteiger partial charge >= 0.3 is 0 Å². The molecular formula is C30H54O4. The number of unbranched alkanes of at least 4 members (excludes halogenated alkanes) is 5. The Hall–Kier alpha value is -0.940. The Bertz CT molecular complexity index is 555. The van der Waals surface area contributed by atoms with Crippen molar-refractivity contribution in [1.29, 1.82) is 0 Å². The summed E-state index contributed by atoms with van der Waals surface area (Å²) in [5.74, 6) is -1.04. The summed E-state index contributed by atoms with van der Waals surface area (Å²) in [6.07, 6.45) is 14.2. The van der Waals surface area contributed by atoms with Crippen LogP contribution in [0.15, 0.2) is 30.3 Å². The third-order valence-electron chi connectivity index (χ3n) is 6.54. The number of methoxy groups -OCH3 is 1. The molecule has 0 amide bonds. The Balaban J connectivity index is 3.40. The molecule has 0 bridgehead atoms. The first-order valence-electron chi connectivity index (χ1n) is 14.1. The van der Waals surface area contributed by atoms with Crippen LogP contribution in [0.4, 0.5) is 0 Å². The molecule has 34 heavy (non-hydrogen) atoms. The number of ether oxygens (including phenoxy) is 4. The fraction of sp³-hybridized carbons (Fsp3) is 0.800. The summed E-state index contributed by atoms with van der Waals surface area (Å²) in [6, 6.07) is 10.8. The molecule has 1 aromatic carbocycles. The molecule has 1 unspecified atom stereocenters. The minimum atomic E-state index is -1.04. The first kappa shape index (κ1) is 31.1. The lowest BCUT2D eigenvalue weighted by atomic mass is 9.71. The summed E-state index contributed by atoms with van der Waals surface area (Å²) in [5.41, 5.74) is 1.03. The monoisotopic (exact) mass is 478 g/mol. The molecule has 0 aliphatic rings. The Morgan fingerprint density at radius 1 is 0.588 bits per heavy atom. The maximum Gasteiger partial charge on any atom is 0.289 e. The van der Waals surface area contributed by atoms with Gasteiger partial charge in [0.15, 0.2) is 0 Å². The molecule has 198 valence electrons. The molecule has 0 saturated heterocycles. The summed E-state index contributed by atoms with van der Waals surface area (Å²) in [7, 11) is 1.79. The van der Waals surface area contributed by atoms with Crippen LogP contribution in [-0.4, -0.2) is 39.5 Å². The molecule has 0 fully saturated rings. The fourth-order valence-corrected chi connectivity index (χ4v) is 4.79. The van der Waals surface area contributed by atoms with Gasteiger partial charge in [-0.1, -0.05) is 96.6 Å². The van der Waals surface area contributed by atoms with Crippen LogP contribution in [0, 0.1) is 5.41 Å². The van der Waals surface area contributed by atoms with Crippen LogP contribution in [-0.2, 0) is 25.4 Å². The van der Waals surface area contributed by atoms with E-state index >= 15 is 0 Å². The van der Waals surface area contributed by atoms with Gasteiger partial charge in [-0.15, -0.1) is 0 Å². The van der Waals surface area contributed by atoms with Gasteiger partial charge in [0.25, 0.3) is 5.97 Å². The highest BCUT2D eigenvalue weighted by molar-refractivity contribution is 5.17. The van der Waals surface area contributed by atoms with Crippen LogP contribution in [0.25, 0.3) is 0 Å². The third-order valence-corrected chi connectivity index (χ3v) is 6.54. The highest BCUT2D eigenvalue weighted by Gasteiger charge is 2.54. The second-order valence-corrected chi connectivity index (χ2v) is 9.66. The Kier molecular flexibility index (Phi) is 17.6. The smallest absolute Gasteiger partial charge is 0.289 e. The van der Waals surface area contributed by atoms with Crippen molar-refractivity contribution in [2.45, 2.75) is 117 Å². The standard InChI is InChI=1S/C30H54O4/c1-6-10-11-12-13-17-21-29(22-18-26-31-5,27-28-19-15-14-16-20-28)30(32-23-7-2,33-24-8-3)34-25-9-4/h14-16,19-20H,6-13,17-18,21-27H2,1-5H3. The van der Waals surface area contributed by atoms with Gasteiger partial charge in [-0.05, 0) is 50.5 Å². The van der Waals surface area contributed by atoms with E-state index in [4.69, 9.17) is 18.9 Å². The summed E-state index contributed by atoms with van der Waals surface area (Å²) in [5, 5.41) is 0. The van der Waals surface area contributed by atoms with Crippen LogP contribution in [0.2, 0.25) is 0 Å². The van der Waals surface area contributed by atoms with E-state index in [9.17, 15) is 0 Å². The number of benzene rings is 1. The molecule has 0 N–H and O–H groups in total. The second-order valence-electron chi connectivity index (χ2n) is 9.66. The fourth-order valence-electron chi connectivity index (χ4n) is 4.79. The predicted octanol–water partition coefficient (Wildman–Crippen LogP) is 8.33. The van der Waals surface area contributed by atoms with E-state index in [0.29, 0.717) is 19.8 Å². The van der Waals surface area contributed by atoms with E-state index in [-0.39, 0.29) is 5.41 Å². The van der Waals surface area contributed by atoms with E-state index in [1.54, 1.807) is 7.11 Å². The summed E-state index contributed by atoms with van der Waals surface area (Å²) < 4.78 is 25.5.